The van der Waals surface area contributed by atoms with E-state index in [0.717, 1.165) is 42.5 Å². The number of rotatable bonds is 4. The predicted octanol–water partition coefficient (Wildman–Crippen LogP) is 4.28. The molecule has 0 saturated heterocycles. The first-order valence-electron chi connectivity index (χ1n) is 8.11. The highest BCUT2D eigenvalue weighted by Gasteiger charge is 2.10. The molecule has 0 saturated carbocycles. The number of aliphatic imine (C=N–C) groups is 1. The van der Waals surface area contributed by atoms with E-state index >= 15 is 0 Å². The van der Waals surface area contributed by atoms with Crippen molar-refractivity contribution < 1.29 is 5.11 Å². The Morgan fingerprint density at radius 1 is 1.12 bits per heavy atom. The topological polar surface area (TPSA) is 71.5 Å². The number of aromatic hydroxyl groups is 1. The van der Waals surface area contributed by atoms with Crippen LogP contribution in [0.2, 0.25) is 0 Å². The van der Waals surface area contributed by atoms with Gasteiger partial charge in [-0.3, -0.25) is 4.99 Å². The summed E-state index contributed by atoms with van der Waals surface area (Å²) < 4.78 is 0. The summed E-state index contributed by atoms with van der Waals surface area (Å²) in [6, 6.07) is 12.9. The molecule has 1 heterocycles. The van der Waals surface area contributed by atoms with Gasteiger partial charge in [0, 0.05) is 17.5 Å². The smallest absolute Gasteiger partial charge is 0.141 e. The van der Waals surface area contributed by atoms with E-state index in [1.807, 2.05) is 30.3 Å². The van der Waals surface area contributed by atoms with Crippen LogP contribution in [0.5, 0.6) is 5.75 Å². The van der Waals surface area contributed by atoms with E-state index in [4.69, 9.17) is 5.73 Å². The zero-order valence-electron chi connectivity index (χ0n) is 13.6. The third kappa shape index (κ3) is 3.54. The zero-order valence-corrected chi connectivity index (χ0v) is 13.6. The number of aromatic nitrogens is 1. The quantitative estimate of drug-likeness (QED) is 0.826. The van der Waals surface area contributed by atoms with E-state index in [1.54, 1.807) is 18.3 Å². The minimum absolute atomic E-state index is 0.140. The van der Waals surface area contributed by atoms with Crippen molar-refractivity contribution in [2.45, 2.75) is 25.7 Å². The molecule has 1 aromatic heterocycles. The highest BCUT2D eigenvalue weighted by Crippen LogP contribution is 2.28. The molecule has 2 aromatic rings. The molecular weight excluding hydrogens is 298 g/mol. The summed E-state index contributed by atoms with van der Waals surface area (Å²) in [7, 11) is 0. The molecule has 0 spiro atoms. The van der Waals surface area contributed by atoms with Gasteiger partial charge in [0.05, 0.1) is 11.4 Å². The fourth-order valence-corrected chi connectivity index (χ4v) is 2.74. The predicted molar refractivity (Wildman–Crippen MR) is 98.5 cm³/mol. The fraction of sp³-hybridized carbons (Fsp3) is 0.200. The lowest BCUT2D eigenvalue weighted by molar-refractivity contribution is 0.475. The van der Waals surface area contributed by atoms with Gasteiger partial charge in [-0.2, -0.15) is 0 Å². The molecule has 1 aromatic carbocycles. The molecule has 24 heavy (non-hydrogen) atoms. The highest BCUT2D eigenvalue weighted by molar-refractivity contribution is 5.85. The molecule has 0 bridgehead atoms. The maximum absolute atomic E-state index is 10.1. The van der Waals surface area contributed by atoms with Crippen molar-refractivity contribution in [3.63, 3.8) is 0 Å². The highest BCUT2D eigenvalue weighted by atomic mass is 16.3. The lowest BCUT2D eigenvalue weighted by Crippen LogP contribution is -2.08. The van der Waals surface area contributed by atoms with Crippen molar-refractivity contribution in [1.82, 2.24) is 4.98 Å². The monoisotopic (exact) mass is 319 g/mol. The van der Waals surface area contributed by atoms with Crippen molar-refractivity contribution >= 4 is 11.9 Å². The van der Waals surface area contributed by atoms with Gasteiger partial charge < -0.3 is 10.8 Å². The molecule has 0 unspecified atom stereocenters. The van der Waals surface area contributed by atoms with Gasteiger partial charge in [0.2, 0.25) is 0 Å². The Hall–Kier alpha value is -2.88. The van der Waals surface area contributed by atoms with Crippen molar-refractivity contribution in [1.29, 1.82) is 0 Å². The van der Waals surface area contributed by atoms with Crippen molar-refractivity contribution in [2.24, 2.45) is 10.7 Å². The largest absolute Gasteiger partial charge is 0.506 e. The number of nitrogens with two attached hydrogens (primary N) is 1. The van der Waals surface area contributed by atoms with Crippen molar-refractivity contribution in [3.8, 4) is 17.0 Å². The standard InChI is InChI=1S/C20H21N3O/c1-14(22-13-16-9-5-6-10-17(16)21)18-11-12-19(24)20(23-18)15-7-3-2-4-8-15/h2-4,7-8,11-13,24H,1,5-6,9-10,21H2/b22-13-. The van der Waals surface area contributed by atoms with Crippen LogP contribution >= 0.6 is 0 Å². The van der Waals surface area contributed by atoms with E-state index in [0.29, 0.717) is 17.1 Å². The number of hydrogen-bond acceptors (Lipinski definition) is 4. The molecule has 4 nitrogen and oxygen atoms in total. The first kappa shape index (κ1) is 16.0. The normalized spacial score (nSPS) is 15.0. The molecule has 4 heteroatoms. The van der Waals surface area contributed by atoms with Crippen LogP contribution in [-0.4, -0.2) is 16.3 Å². The van der Waals surface area contributed by atoms with E-state index in [-0.39, 0.29) is 5.75 Å². The zero-order chi connectivity index (χ0) is 16.9. The molecule has 0 atom stereocenters. The molecule has 0 radical (unpaired) electrons. The summed E-state index contributed by atoms with van der Waals surface area (Å²) in [5, 5.41) is 10.1. The summed E-state index contributed by atoms with van der Waals surface area (Å²) in [4.78, 5) is 8.95. The van der Waals surface area contributed by atoms with Crippen LogP contribution < -0.4 is 5.73 Å². The summed E-state index contributed by atoms with van der Waals surface area (Å²) in [5.41, 5.74) is 10.6. The number of allylic oxidation sites excluding steroid dienone is 2. The van der Waals surface area contributed by atoms with Gasteiger partial charge in [-0.1, -0.05) is 36.9 Å². The Morgan fingerprint density at radius 3 is 2.62 bits per heavy atom. The Kier molecular flexibility index (Phi) is 4.75. The Labute approximate surface area is 142 Å². The van der Waals surface area contributed by atoms with Crippen LogP contribution in [0.25, 0.3) is 17.0 Å². The fourth-order valence-electron chi connectivity index (χ4n) is 2.74. The first-order chi connectivity index (χ1) is 11.6. The molecule has 3 N–H and O–H groups in total. The van der Waals surface area contributed by atoms with Crippen LogP contribution in [0.1, 0.15) is 31.4 Å². The van der Waals surface area contributed by atoms with Gasteiger partial charge in [0.1, 0.15) is 11.4 Å². The minimum Gasteiger partial charge on any atom is -0.506 e. The minimum atomic E-state index is 0.140. The van der Waals surface area contributed by atoms with Crippen LogP contribution in [-0.2, 0) is 0 Å². The summed E-state index contributed by atoms with van der Waals surface area (Å²) in [6.45, 7) is 3.99. The SMILES string of the molecule is C=C(/N=C\C1=C(N)CCCC1)c1ccc(O)c(-c2ccccc2)n1. The molecule has 0 fully saturated rings. The number of pyridine rings is 1. The van der Waals surface area contributed by atoms with Gasteiger partial charge >= 0.3 is 0 Å². The second-order valence-corrected chi connectivity index (χ2v) is 5.89. The summed E-state index contributed by atoms with van der Waals surface area (Å²) >= 11 is 0. The van der Waals surface area contributed by atoms with Gasteiger partial charge in [-0.15, -0.1) is 0 Å². The average Bonchev–Trinajstić information content (AvgIpc) is 2.62. The maximum atomic E-state index is 10.1. The second kappa shape index (κ2) is 7.13. The van der Waals surface area contributed by atoms with E-state index in [9.17, 15) is 5.11 Å². The molecular formula is C20H21N3O. The molecule has 1 aliphatic carbocycles. The Balaban J connectivity index is 1.86. The van der Waals surface area contributed by atoms with E-state index < -0.39 is 0 Å². The third-order valence-corrected chi connectivity index (χ3v) is 4.15. The Morgan fingerprint density at radius 2 is 1.88 bits per heavy atom. The van der Waals surface area contributed by atoms with Gasteiger partial charge in [0.15, 0.2) is 0 Å². The van der Waals surface area contributed by atoms with Gasteiger partial charge in [-0.05, 0) is 43.4 Å². The van der Waals surface area contributed by atoms with Gasteiger partial charge in [-0.25, -0.2) is 4.98 Å². The van der Waals surface area contributed by atoms with Crippen LogP contribution in [0, 0.1) is 0 Å². The molecule has 0 aliphatic heterocycles. The number of nitrogens with zero attached hydrogens (tertiary/aromatic N) is 2. The van der Waals surface area contributed by atoms with Crippen LogP contribution in [0.4, 0.5) is 0 Å². The summed E-state index contributed by atoms with van der Waals surface area (Å²) in [6.07, 6.45) is 5.98. The Bertz CT molecular complexity index is 807. The number of hydrogen-bond donors (Lipinski definition) is 2. The lowest BCUT2D eigenvalue weighted by atomic mass is 9.97. The molecule has 1 aliphatic rings. The summed E-state index contributed by atoms with van der Waals surface area (Å²) in [5.74, 6) is 0.140. The molecule has 0 amide bonds. The molecule has 3 rings (SSSR count). The molecule has 122 valence electrons. The van der Waals surface area contributed by atoms with E-state index in [2.05, 4.69) is 16.6 Å². The maximum Gasteiger partial charge on any atom is 0.141 e. The van der Waals surface area contributed by atoms with Crippen molar-refractivity contribution in [2.75, 3.05) is 0 Å². The van der Waals surface area contributed by atoms with E-state index in [1.165, 1.54) is 0 Å². The number of benzene rings is 1. The van der Waals surface area contributed by atoms with Crippen LogP contribution in [0.3, 0.4) is 0 Å². The third-order valence-electron chi connectivity index (χ3n) is 4.15. The van der Waals surface area contributed by atoms with Crippen molar-refractivity contribution in [3.05, 3.63) is 66.0 Å². The average molecular weight is 319 g/mol. The first-order valence-corrected chi connectivity index (χ1v) is 8.11. The van der Waals surface area contributed by atoms with Gasteiger partial charge in [0.25, 0.3) is 0 Å². The van der Waals surface area contributed by atoms with Crippen LogP contribution in [0.15, 0.2) is 65.3 Å². The lowest BCUT2D eigenvalue weighted by Gasteiger charge is -2.13. The second-order valence-electron chi connectivity index (χ2n) is 5.89.